The number of fused-ring (bicyclic) bond motifs is 1. The van der Waals surface area contributed by atoms with E-state index in [4.69, 9.17) is 4.74 Å². The molecule has 0 aromatic heterocycles. The van der Waals surface area contributed by atoms with E-state index in [2.05, 4.69) is 22.9 Å². The Morgan fingerprint density at radius 3 is 2.20 bits per heavy atom. The van der Waals surface area contributed by atoms with E-state index < -0.39 is 10.0 Å². The minimum atomic E-state index is -3.77. The average molecular weight is 569 g/mol. The zero-order valence-electron chi connectivity index (χ0n) is 24.4. The first kappa shape index (κ1) is 29.2. The maximum Gasteiger partial charge on any atom is 0.248 e. The van der Waals surface area contributed by atoms with Crippen LogP contribution < -0.4 is 0 Å². The molecule has 1 amide bonds. The highest BCUT2D eigenvalue weighted by atomic mass is 32.2. The number of nitrogens with zero attached hydrogens (tertiary/aromatic N) is 4. The SMILES string of the molecule is Cc1cc(C)c(S(=O)(=O)N2Cc3ccccc3CC2COCC(=O)N2CCN(C3CCN(C)CC3)CC2)c(C)c1. The molecule has 2 fully saturated rings. The quantitative estimate of drug-likeness (QED) is 0.512. The second kappa shape index (κ2) is 12.3. The molecule has 8 nitrogen and oxygen atoms in total. The van der Waals surface area contributed by atoms with E-state index >= 15 is 0 Å². The molecule has 3 aliphatic rings. The Morgan fingerprint density at radius 2 is 1.55 bits per heavy atom. The number of piperidine rings is 1. The number of benzene rings is 2. The fraction of sp³-hybridized carbons (Fsp3) is 0.581. The second-order valence-electron chi connectivity index (χ2n) is 11.9. The molecule has 9 heteroatoms. The molecule has 0 bridgehead atoms. The van der Waals surface area contributed by atoms with Gasteiger partial charge in [-0.2, -0.15) is 4.31 Å². The number of hydrogen-bond donors (Lipinski definition) is 0. The number of rotatable bonds is 7. The first-order valence-electron chi connectivity index (χ1n) is 14.6. The zero-order chi connectivity index (χ0) is 28.4. The van der Waals surface area contributed by atoms with Gasteiger partial charge in [0.25, 0.3) is 0 Å². The molecule has 1 unspecified atom stereocenters. The lowest BCUT2D eigenvalue weighted by Gasteiger charge is -2.42. The van der Waals surface area contributed by atoms with Crippen LogP contribution in [0.5, 0.6) is 0 Å². The smallest absolute Gasteiger partial charge is 0.248 e. The van der Waals surface area contributed by atoms with Gasteiger partial charge in [0.05, 0.1) is 17.5 Å². The fourth-order valence-corrected chi connectivity index (χ4v) is 8.75. The van der Waals surface area contributed by atoms with Crippen LogP contribution in [0.2, 0.25) is 0 Å². The monoisotopic (exact) mass is 568 g/mol. The predicted molar refractivity (Wildman–Crippen MR) is 157 cm³/mol. The lowest BCUT2D eigenvalue weighted by Crippen LogP contribution is -2.54. The normalized spacial score (nSPS) is 21.9. The van der Waals surface area contributed by atoms with E-state index in [0.717, 1.165) is 67.1 Å². The molecule has 5 rings (SSSR count). The zero-order valence-corrected chi connectivity index (χ0v) is 25.3. The van der Waals surface area contributed by atoms with Gasteiger partial charge in [-0.05, 0) is 82.4 Å². The van der Waals surface area contributed by atoms with Crippen molar-refractivity contribution in [3.8, 4) is 0 Å². The minimum absolute atomic E-state index is 0.0149. The summed E-state index contributed by atoms with van der Waals surface area (Å²) < 4.78 is 35.7. The maximum atomic E-state index is 14.1. The highest BCUT2D eigenvalue weighted by molar-refractivity contribution is 7.89. The van der Waals surface area contributed by atoms with Crippen molar-refractivity contribution in [2.75, 3.05) is 59.5 Å². The Hall–Kier alpha value is -2.30. The van der Waals surface area contributed by atoms with Crippen LogP contribution in [0.4, 0.5) is 0 Å². The molecular formula is C31H44N4O4S. The Balaban J connectivity index is 1.22. The Morgan fingerprint density at radius 1 is 0.925 bits per heavy atom. The number of sulfonamides is 1. The Labute approximate surface area is 239 Å². The highest BCUT2D eigenvalue weighted by Gasteiger charge is 2.37. The van der Waals surface area contributed by atoms with Gasteiger partial charge in [0, 0.05) is 38.8 Å². The third-order valence-corrected chi connectivity index (χ3v) is 11.1. The summed E-state index contributed by atoms with van der Waals surface area (Å²) in [6.45, 7) is 11.7. The van der Waals surface area contributed by atoms with Crippen molar-refractivity contribution in [2.24, 2.45) is 0 Å². The summed E-state index contributed by atoms with van der Waals surface area (Å²) in [5, 5.41) is 0. The van der Waals surface area contributed by atoms with E-state index in [0.29, 0.717) is 23.9 Å². The van der Waals surface area contributed by atoms with Gasteiger partial charge >= 0.3 is 0 Å². The van der Waals surface area contributed by atoms with E-state index in [9.17, 15) is 13.2 Å². The number of carbonyl (C=O) groups is 1. The molecule has 3 heterocycles. The van der Waals surface area contributed by atoms with Crippen LogP contribution in [-0.2, 0) is 32.5 Å². The van der Waals surface area contributed by atoms with E-state index in [1.54, 1.807) is 4.31 Å². The molecular weight excluding hydrogens is 524 g/mol. The fourth-order valence-electron chi connectivity index (χ4n) is 6.75. The summed E-state index contributed by atoms with van der Waals surface area (Å²) in [7, 11) is -1.60. The average Bonchev–Trinajstić information content (AvgIpc) is 2.92. The van der Waals surface area contributed by atoms with Gasteiger partial charge in [-0.3, -0.25) is 9.69 Å². The second-order valence-corrected chi connectivity index (χ2v) is 13.7. The summed E-state index contributed by atoms with van der Waals surface area (Å²) in [4.78, 5) is 20.2. The van der Waals surface area contributed by atoms with Crippen molar-refractivity contribution in [2.45, 2.75) is 63.6 Å². The summed E-state index contributed by atoms with van der Waals surface area (Å²) in [6, 6.07) is 12.1. The molecule has 3 aliphatic heterocycles. The van der Waals surface area contributed by atoms with Crippen LogP contribution in [0, 0.1) is 20.8 Å². The molecule has 40 heavy (non-hydrogen) atoms. The molecule has 0 radical (unpaired) electrons. The van der Waals surface area contributed by atoms with Crippen molar-refractivity contribution in [1.82, 2.24) is 19.0 Å². The summed E-state index contributed by atoms with van der Waals surface area (Å²) >= 11 is 0. The van der Waals surface area contributed by atoms with Crippen LogP contribution >= 0.6 is 0 Å². The van der Waals surface area contributed by atoms with Gasteiger partial charge in [-0.25, -0.2) is 8.42 Å². The number of piperazine rings is 1. The maximum absolute atomic E-state index is 14.1. The number of amides is 1. The van der Waals surface area contributed by atoms with Gasteiger partial charge < -0.3 is 14.5 Å². The van der Waals surface area contributed by atoms with Crippen molar-refractivity contribution in [3.05, 3.63) is 64.2 Å². The van der Waals surface area contributed by atoms with Crippen molar-refractivity contribution < 1.29 is 17.9 Å². The molecule has 0 aliphatic carbocycles. The molecule has 2 saturated heterocycles. The Bertz CT molecular complexity index is 1290. The predicted octanol–water partition coefficient (Wildman–Crippen LogP) is 2.98. The van der Waals surface area contributed by atoms with Gasteiger partial charge in [0.2, 0.25) is 15.9 Å². The topological polar surface area (TPSA) is 73.4 Å². The van der Waals surface area contributed by atoms with Crippen LogP contribution in [0.3, 0.4) is 0 Å². The lowest BCUT2D eigenvalue weighted by molar-refractivity contribution is -0.138. The molecule has 2 aromatic rings. The van der Waals surface area contributed by atoms with E-state index in [1.807, 2.05) is 56.0 Å². The molecule has 2 aromatic carbocycles. The van der Waals surface area contributed by atoms with Crippen molar-refractivity contribution in [3.63, 3.8) is 0 Å². The van der Waals surface area contributed by atoms with Crippen molar-refractivity contribution >= 4 is 15.9 Å². The molecule has 1 atom stereocenters. The standard InChI is InChI=1S/C31H44N4O4S/c1-23-17-24(2)31(25(3)18-23)40(37,38)35-20-27-8-6-5-7-26(27)19-29(35)21-39-22-30(36)34-15-13-33(14-16-34)28-9-11-32(4)12-10-28/h5-8,17-18,28-29H,9-16,19-22H2,1-4H3. The third-order valence-electron chi connectivity index (χ3n) is 8.89. The Kier molecular flexibility index (Phi) is 8.97. The number of likely N-dealkylation sites (tertiary alicyclic amines) is 1. The highest BCUT2D eigenvalue weighted by Crippen LogP contribution is 2.32. The largest absolute Gasteiger partial charge is 0.370 e. The van der Waals surface area contributed by atoms with Crippen LogP contribution in [0.1, 0.15) is 40.7 Å². The third kappa shape index (κ3) is 6.29. The van der Waals surface area contributed by atoms with Gasteiger partial charge in [0.15, 0.2) is 0 Å². The minimum Gasteiger partial charge on any atom is -0.370 e. The first-order valence-corrected chi connectivity index (χ1v) is 16.0. The van der Waals surface area contributed by atoms with Gasteiger partial charge in [-0.15, -0.1) is 0 Å². The van der Waals surface area contributed by atoms with Gasteiger partial charge in [0.1, 0.15) is 6.61 Å². The van der Waals surface area contributed by atoms with Crippen molar-refractivity contribution in [1.29, 1.82) is 0 Å². The molecule has 0 N–H and O–H groups in total. The number of ether oxygens (including phenoxy) is 1. The van der Waals surface area contributed by atoms with Crippen LogP contribution in [0.25, 0.3) is 0 Å². The van der Waals surface area contributed by atoms with Gasteiger partial charge in [-0.1, -0.05) is 42.0 Å². The molecule has 0 spiro atoms. The van der Waals surface area contributed by atoms with E-state index in [-0.39, 0.29) is 25.2 Å². The lowest BCUT2D eigenvalue weighted by atomic mass is 9.96. The molecule has 0 saturated carbocycles. The summed E-state index contributed by atoms with van der Waals surface area (Å²) in [5.41, 5.74) is 4.71. The van der Waals surface area contributed by atoms with Crippen LogP contribution in [0.15, 0.2) is 41.3 Å². The summed E-state index contributed by atoms with van der Waals surface area (Å²) in [5.74, 6) is -0.0149. The number of carbonyl (C=O) groups excluding carboxylic acids is 1. The summed E-state index contributed by atoms with van der Waals surface area (Å²) in [6.07, 6.45) is 2.95. The number of hydrogen-bond acceptors (Lipinski definition) is 6. The first-order chi connectivity index (χ1) is 19.1. The molecule has 218 valence electrons. The van der Waals surface area contributed by atoms with E-state index in [1.165, 1.54) is 12.8 Å². The number of aryl methyl sites for hydroxylation is 3. The van der Waals surface area contributed by atoms with Crippen LogP contribution in [-0.4, -0.2) is 105 Å².